The summed E-state index contributed by atoms with van der Waals surface area (Å²) in [6, 6.07) is 1.12. The molecular formula is C13H16F5N. The van der Waals surface area contributed by atoms with Crippen LogP contribution in [-0.4, -0.2) is 12.7 Å². The van der Waals surface area contributed by atoms with Gasteiger partial charge < -0.3 is 5.32 Å². The zero-order valence-corrected chi connectivity index (χ0v) is 10.7. The minimum Gasteiger partial charge on any atom is -0.310 e. The summed E-state index contributed by atoms with van der Waals surface area (Å²) in [6.45, 7) is 3.47. The molecule has 0 radical (unpaired) electrons. The molecule has 0 aromatic heterocycles. The Morgan fingerprint density at radius 1 is 1.16 bits per heavy atom. The van der Waals surface area contributed by atoms with Gasteiger partial charge in [0.05, 0.1) is 0 Å². The van der Waals surface area contributed by atoms with Crippen molar-refractivity contribution in [2.45, 2.75) is 38.9 Å². The van der Waals surface area contributed by atoms with Crippen LogP contribution in [0.25, 0.3) is 0 Å². The summed E-state index contributed by atoms with van der Waals surface area (Å²) in [5.74, 6) is -1.31. The van der Waals surface area contributed by atoms with Crippen LogP contribution in [0.5, 0.6) is 0 Å². The van der Waals surface area contributed by atoms with Crippen molar-refractivity contribution >= 4 is 0 Å². The summed E-state index contributed by atoms with van der Waals surface area (Å²) in [6.07, 6.45) is -5.68. The van der Waals surface area contributed by atoms with Gasteiger partial charge in [-0.3, -0.25) is 0 Å². The zero-order chi connectivity index (χ0) is 14.6. The highest BCUT2D eigenvalue weighted by atomic mass is 19.4. The molecule has 1 aromatic carbocycles. The molecular weight excluding hydrogens is 265 g/mol. The van der Waals surface area contributed by atoms with Crippen LogP contribution in [0.2, 0.25) is 0 Å². The van der Waals surface area contributed by atoms with Crippen LogP contribution in [0.15, 0.2) is 12.1 Å². The van der Waals surface area contributed by atoms with Crippen LogP contribution in [0, 0.1) is 18.6 Å². The molecule has 19 heavy (non-hydrogen) atoms. The van der Waals surface area contributed by atoms with Crippen LogP contribution in [0.4, 0.5) is 22.0 Å². The van der Waals surface area contributed by atoms with Crippen LogP contribution in [0.3, 0.4) is 0 Å². The molecule has 1 atom stereocenters. The maximum Gasteiger partial charge on any atom is 0.389 e. The van der Waals surface area contributed by atoms with Gasteiger partial charge in [0.2, 0.25) is 0 Å². The van der Waals surface area contributed by atoms with Gasteiger partial charge in [-0.25, -0.2) is 8.78 Å². The van der Waals surface area contributed by atoms with E-state index in [-0.39, 0.29) is 17.5 Å². The Kier molecular flexibility index (Phi) is 5.29. The fraction of sp³-hybridized carbons (Fsp3) is 0.538. The number of nitrogens with one attached hydrogen (secondary N) is 1. The van der Waals surface area contributed by atoms with Gasteiger partial charge in [0.1, 0.15) is 11.6 Å². The molecule has 0 bridgehead atoms. The number of alkyl halides is 3. The first-order valence-corrected chi connectivity index (χ1v) is 6.00. The average molecular weight is 281 g/mol. The van der Waals surface area contributed by atoms with Gasteiger partial charge in [-0.15, -0.1) is 0 Å². The molecule has 0 aliphatic carbocycles. The molecule has 1 unspecified atom stereocenters. The first-order chi connectivity index (χ1) is 8.74. The summed E-state index contributed by atoms with van der Waals surface area (Å²) in [5.41, 5.74) is 0.0709. The van der Waals surface area contributed by atoms with Crippen molar-refractivity contribution in [2.24, 2.45) is 0 Å². The summed E-state index contributed by atoms with van der Waals surface area (Å²) < 4.78 is 63.8. The van der Waals surface area contributed by atoms with Crippen LogP contribution < -0.4 is 5.32 Å². The number of rotatable bonds is 5. The van der Waals surface area contributed by atoms with E-state index >= 15 is 0 Å². The molecule has 0 aliphatic heterocycles. The van der Waals surface area contributed by atoms with Crippen molar-refractivity contribution < 1.29 is 22.0 Å². The van der Waals surface area contributed by atoms with E-state index in [1.807, 2.05) is 0 Å². The van der Waals surface area contributed by atoms with E-state index in [2.05, 4.69) is 5.32 Å². The second-order valence-corrected chi connectivity index (χ2v) is 4.39. The highest BCUT2D eigenvalue weighted by Gasteiger charge is 2.29. The van der Waals surface area contributed by atoms with Crippen LogP contribution in [0.1, 0.15) is 36.9 Å². The van der Waals surface area contributed by atoms with Crippen molar-refractivity contribution in [3.05, 3.63) is 34.9 Å². The second kappa shape index (κ2) is 6.32. The molecule has 0 spiro atoms. The second-order valence-electron chi connectivity index (χ2n) is 4.39. The Bertz CT molecular complexity index is 428. The summed E-state index contributed by atoms with van der Waals surface area (Å²) in [7, 11) is 0. The maximum atomic E-state index is 13.7. The van der Waals surface area contributed by atoms with Crippen molar-refractivity contribution in [3.8, 4) is 0 Å². The predicted octanol–water partition coefficient (Wildman–Crippen LogP) is 4.27. The third-order valence-electron chi connectivity index (χ3n) is 2.82. The van der Waals surface area contributed by atoms with E-state index in [4.69, 9.17) is 0 Å². The van der Waals surface area contributed by atoms with Gasteiger partial charge in [-0.2, -0.15) is 13.2 Å². The third-order valence-corrected chi connectivity index (χ3v) is 2.82. The third kappa shape index (κ3) is 4.78. The monoisotopic (exact) mass is 281 g/mol. The SMILES string of the molecule is CCNC(CCC(F)(F)F)c1cc(F)c(C)cc1F. The number of benzene rings is 1. The summed E-state index contributed by atoms with van der Waals surface area (Å²) in [5, 5.41) is 2.75. The minimum absolute atomic E-state index is 0.0609. The van der Waals surface area contributed by atoms with Gasteiger partial charge in [-0.1, -0.05) is 6.92 Å². The van der Waals surface area contributed by atoms with Crippen molar-refractivity contribution in [2.75, 3.05) is 6.54 Å². The molecule has 1 N–H and O–H groups in total. The van der Waals surface area contributed by atoms with E-state index in [9.17, 15) is 22.0 Å². The molecule has 0 fully saturated rings. The molecule has 0 heterocycles. The van der Waals surface area contributed by atoms with Gasteiger partial charge in [0.15, 0.2) is 0 Å². The topological polar surface area (TPSA) is 12.0 Å². The molecule has 1 rings (SSSR count). The minimum atomic E-state index is -4.31. The molecule has 1 nitrogen and oxygen atoms in total. The van der Waals surface area contributed by atoms with Crippen molar-refractivity contribution in [1.29, 1.82) is 0 Å². The highest BCUT2D eigenvalue weighted by Crippen LogP contribution is 2.29. The van der Waals surface area contributed by atoms with Crippen molar-refractivity contribution in [3.63, 3.8) is 0 Å². The zero-order valence-electron chi connectivity index (χ0n) is 10.7. The van der Waals surface area contributed by atoms with Crippen molar-refractivity contribution in [1.82, 2.24) is 5.32 Å². The molecule has 0 saturated carbocycles. The Hall–Kier alpha value is -1.17. The first-order valence-electron chi connectivity index (χ1n) is 6.00. The van der Waals surface area contributed by atoms with Gasteiger partial charge >= 0.3 is 6.18 Å². The molecule has 0 amide bonds. The lowest BCUT2D eigenvalue weighted by Gasteiger charge is -2.20. The standard InChI is InChI=1S/C13H16F5N/c1-3-19-12(4-5-13(16,17)18)9-7-10(14)8(2)6-11(9)15/h6-7,12,19H,3-5H2,1-2H3. The molecule has 0 aliphatic rings. The fourth-order valence-corrected chi connectivity index (χ4v) is 1.85. The lowest BCUT2D eigenvalue weighted by Crippen LogP contribution is -2.24. The number of hydrogen-bond acceptors (Lipinski definition) is 1. The first kappa shape index (κ1) is 15.9. The molecule has 0 saturated heterocycles. The van der Waals surface area contributed by atoms with E-state index < -0.39 is 30.3 Å². The smallest absolute Gasteiger partial charge is 0.310 e. The largest absolute Gasteiger partial charge is 0.389 e. The summed E-state index contributed by atoms with van der Waals surface area (Å²) in [4.78, 5) is 0. The predicted molar refractivity (Wildman–Crippen MR) is 62.8 cm³/mol. The Labute approximate surface area is 108 Å². The Morgan fingerprint density at radius 3 is 2.32 bits per heavy atom. The van der Waals surface area contributed by atoms with Gasteiger partial charge in [0.25, 0.3) is 0 Å². The van der Waals surface area contributed by atoms with Gasteiger partial charge in [0, 0.05) is 18.0 Å². The highest BCUT2D eigenvalue weighted by molar-refractivity contribution is 5.27. The molecule has 108 valence electrons. The lowest BCUT2D eigenvalue weighted by atomic mass is 9.99. The normalized spacial score (nSPS) is 13.6. The Balaban J connectivity index is 2.95. The van der Waals surface area contributed by atoms with E-state index in [0.29, 0.717) is 6.54 Å². The van der Waals surface area contributed by atoms with E-state index in [0.717, 1.165) is 12.1 Å². The Morgan fingerprint density at radius 2 is 1.79 bits per heavy atom. The maximum absolute atomic E-state index is 13.7. The number of hydrogen-bond donors (Lipinski definition) is 1. The average Bonchev–Trinajstić information content (AvgIpc) is 2.28. The fourth-order valence-electron chi connectivity index (χ4n) is 1.85. The summed E-state index contributed by atoms with van der Waals surface area (Å²) >= 11 is 0. The number of halogens is 5. The van der Waals surface area contributed by atoms with Gasteiger partial charge in [-0.05, 0) is 37.6 Å². The molecule has 1 aromatic rings. The van der Waals surface area contributed by atoms with E-state index in [1.165, 1.54) is 6.92 Å². The lowest BCUT2D eigenvalue weighted by molar-refractivity contribution is -0.136. The molecule has 6 heteroatoms. The van der Waals surface area contributed by atoms with Crippen LogP contribution >= 0.6 is 0 Å². The quantitative estimate of drug-likeness (QED) is 0.795. The van der Waals surface area contributed by atoms with Crippen LogP contribution in [-0.2, 0) is 0 Å². The number of aryl methyl sites for hydroxylation is 1. The van der Waals surface area contributed by atoms with E-state index in [1.54, 1.807) is 6.92 Å².